The first-order valence-electron chi connectivity index (χ1n) is 7.63. The third kappa shape index (κ3) is 4.41. The van der Waals surface area contributed by atoms with Crippen LogP contribution in [-0.4, -0.2) is 32.7 Å². The van der Waals surface area contributed by atoms with Crippen LogP contribution in [0.15, 0.2) is 24.3 Å². The third-order valence-corrected chi connectivity index (χ3v) is 3.57. The Kier molecular flexibility index (Phi) is 5.65. The number of esters is 1. The Morgan fingerprint density at radius 3 is 2.69 bits per heavy atom. The molecule has 1 N–H and O–H groups in total. The van der Waals surface area contributed by atoms with Crippen LogP contribution in [0.4, 0.5) is 15.8 Å². The number of nitrogens with zero attached hydrogens (tertiary/aromatic N) is 3. The van der Waals surface area contributed by atoms with Gasteiger partial charge in [0, 0.05) is 5.69 Å². The standard InChI is InChI=1S/C16H17FN4O5/c1-9-15(21(24)25)10(2)20(19-9)8-14(22)26-11(3)16(23)18-13-6-4-5-12(17)7-13/h4-7,11H,8H2,1-3H3,(H,18,23)/t11-/m0/s1. The molecule has 0 unspecified atom stereocenters. The maximum atomic E-state index is 13.1. The highest BCUT2D eigenvalue weighted by Crippen LogP contribution is 2.21. The molecule has 0 aliphatic heterocycles. The molecule has 0 saturated heterocycles. The molecule has 26 heavy (non-hydrogen) atoms. The van der Waals surface area contributed by atoms with Crippen molar-refractivity contribution in [2.45, 2.75) is 33.4 Å². The van der Waals surface area contributed by atoms with E-state index >= 15 is 0 Å². The second-order valence-electron chi connectivity index (χ2n) is 5.57. The molecule has 0 aliphatic carbocycles. The Labute approximate surface area is 147 Å². The average molecular weight is 364 g/mol. The van der Waals surface area contributed by atoms with Crippen molar-refractivity contribution in [2.75, 3.05) is 5.32 Å². The van der Waals surface area contributed by atoms with Crippen molar-refractivity contribution < 1.29 is 23.6 Å². The largest absolute Gasteiger partial charge is 0.451 e. The number of amides is 1. The zero-order valence-electron chi connectivity index (χ0n) is 14.4. The fraction of sp³-hybridized carbons (Fsp3) is 0.312. The van der Waals surface area contributed by atoms with Crippen molar-refractivity contribution in [3.63, 3.8) is 0 Å². The van der Waals surface area contributed by atoms with Crippen molar-refractivity contribution in [2.24, 2.45) is 0 Å². The second kappa shape index (κ2) is 7.72. The molecular formula is C16H17FN4O5. The Morgan fingerprint density at radius 2 is 2.12 bits per heavy atom. The fourth-order valence-electron chi connectivity index (χ4n) is 2.33. The van der Waals surface area contributed by atoms with Crippen molar-refractivity contribution in [3.8, 4) is 0 Å². The van der Waals surface area contributed by atoms with E-state index in [0.29, 0.717) is 0 Å². The van der Waals surface area contributed by atoms with Crippen LogP contribution in [0.5, 0.6) is 0 Å². The van der Waals surface area contributed by atoms with E-state index < -0.39 is 28.7 Å². The molecule has 2 rings (SSSR count). The summed E-state index contributed by atoms with van der Waals surface area (Å²) in [4.78, 5) is 34.4. The summed E-state index contributed by atoms with van der Waals surface area (Å²) in [5.74, 6) is -1.94. The van der Waals surface area contributed by atoms with Gasteiger partial charge in [0.2, 0.25) is 0 Å². The lowest BCUT2D eigenvalue weighted by molar-refractivity contribution is -0.386. The van der Waals surface area contributed by atoms with Gasteiger partial charge < -0.3 is 10.1 Å². The van der Waals surface area contributed by atoms with Gasteiger partial charge in [-0.25, -0.2) is 4.39 Å². The van der Waals surface area contributed by atoms with E-state index in [1.165, 1.54) is 39.0 Å². The molecule has 0 bridgehead atoms. The number of rotatable bonds is 6. The molecule has 0 spiro atoms. The van der Waals surface area contributed by atoms with Crippen LogP contribution in [0, 0.1) is 29.8 Å². The molecule has 1 aromatic carbocycles. The van der Waals surface area contributed by atoms with Gasteiger partial charge in [0.05, 0.1) is 4.92 Å². The summed E-state index contributed by atoms with van der Waals surface area (Å²) in [7, 11) is 0. The quantitative estimate of drug-likeness (QED) is 0.477. The van der Waals surface area contributed by atoms with E-state index in [1.54, 1.807) is 0 Å². The van der Waals surface area contributed by atoms with Crippen molar-refractivity contribution in [1.82, 2.24) is 9.78 Å². The van der Waals surface area contributed by atoms with Crippen LogP contribution in [-0.2, 0) is 20.9 Å². The van der Waals surface area contributed by atoms with Gasteiger partial charge in [0.25, 0.3) is 5.91 Å². The van der Waals surface area contributed by atoms with Crippen molar-refractivity contribution in [1.29, 1.82) is 0 Å². The average Bonchev–Trinajstić information content (AvgIpc) is 2.80. The van der Waals surface area contributed by atoms with E-state index in [2.05, 4.69) is 10.4 Å². The molecule has 0 saturated carbocycles. The molecule has 0 aliphatic rings. The summed E-state index contributed by atoms with van der Waals surface area (Å²) in [6.45, 7) is 3.90. The number of halogens is 1. The Balaban J connectivity index is 1.98. The first-order valence-corrected chi connectivity index (χ1v) is 7.63. The SMILES string of the molecule is Cc1nn(CC(=O)O[C@@H](C)C(=O)Nc2cccc(F)c2)c(C)c1[N+](=O)[O-]. The topological polar surface area (TPSA) is 116 Å². The van der Waals surface area contributed by atoms with E-state index in [0.717, 1.165) is 10.7 Å². The van der Waals surface area contributed by atoms with Gasteiger partial charge in [-0.1, -0.05) is 6.07 Å². The van der Waals surface area contributed by atoms with Gasteiger partial charge in [-0.05, 0) is 39.0 Å². The molecule has 10 heteroatoms. The Hall–Kier alpha value is -3.30. The lowest BCUT2D eigenvalue weighted by Crippen LogP contribution is -2.31. The summed E-state index contributed by atoms with van der Waals surface area (Å²) in [6.07, 6.45) is -1.14. The summed E-state index contributed by atoms with van der Waals surface area (Å²) in [5.41, 5.74) is 0.445. The van der Waals surface area contributed by atoms with Gasteiger partial charge in [-0.15, -0.1) is 0 Å². The molecule has 1 heterocycles. The number of hydrogen-bond acceptors (Lipinski definition) is 6. The van der Waals surface area contributed by atoms with Gasteiger partial charge in [0.1, 0.15) is 23.7 Å². The lowest BCUT2D eigenvalue weighted by Gasteiger charge is -2.14. The van der Waals surface area contributed by atoms with Crippen LogP contribution in [0.25, 0.3) is 0 Å². The number of hydrogen-bond donors (Lipinski definition) is 1. The van der Waals surface area contributed by atoms with Crippen LogP contribution in [0.3, 0.4) is 0 Å². The smallest absolute Gasteiger partial charge is 0.328 e. The maximum absolute atomic E-state index is 13.1. The monoisotopic (exact) mass is 364 g/mol. The van der Waals surface area contributed by atoms with E-state index in [-0.39, 0.29) is 29.3 Å². The number of carbonyl (C=O) groups excluding carboxylic acids is 2. The van der Waals surface area contributed by atoms with Crippen molar-refractivity contribution in [3.05, 3.63) is 51.6 Å². The van der Waals surface area contributed by atoms with Crippen molar-refractivity contribution >= 4 is 23.3 Å². The number of aryl methyl sites for hydroxylation is 1. The number of benzene rings is 1. The first-order chi connectivity index (χ1) is 12.2. The molecule has 9 nitrogen and oxygen atoms in total. The molecular weight excluding hydrogens is 347 g/mol. The number of nitro groups is 1. The normalized spacial score (nSPS) is 11.7. The number of aromatic nitrogens is 2. The molecule has 2 aromatic rings. The Bertz CT molecular complexity index is 864. The Morgan fingerprint density at radius 1 is 1.42 bits per heavy atom. The minimum Gasteiger partial charge on any atom is -0.451 e. The molecule has 0 fully saturated rings. The van der Waals surface area contributed by atoms with Crippen LogP contribution in [0.2, 0.25) is 0 Å². The minimum absolute atomic E-state index is 0.172. The second-order valence-corrected chi connectivity index (χ2v) is 5.57. The number of anilines is 1. The van der Waals surface area contributed by atoms with E-state index in [4.69, 9.17) is 4.74 Å². The van der Waals surface area contributed by atoms with Crippen LogP contribution in [0.1, 0.15) is 18.3 Å². The zero-order chi connectivity index (χ0) is 19.4. The highest BCUT2D eigenvalue weighted by Gasteiger charge is 2.24. The molecule has 0 radical (unpaired) electrons. The highest BCUT2D eigenvalue weighted by molar-refractivity contribution is 5.95. The van der Waals surface area contributed by atoms with Gasteiger partial charge in [-0.3, -0.25) is 24.4 Å². The molecule has 1 aromatic heterocycles. The number of ether oxygens (including phenoxy) is 1. The summed E-state index contributed by atoms with van der Waals surface area (Å²) in [6, 6.07) is 5.27. The molecule has 138 valence electrons. The molecule has 1 amide bonds. The summed E-state index contributed by atoms with van der Waals surface area (Å²) in [5, 5.41) is 17.3. The highest BCUT2D eigenvalue weighted by atomic mass is 19.1. The molecule has 1 atom stereocenters. The summed E-state index contributed by atoms with van der Waals surface area (Å²) < 4.78 is 19.3. The van der Waals surface area contributed by atoms with Crippen LogP contribution >= 0.6 is 0 Å². The maximum Gasteiger partial charge on any atom is 0.328 e. The first kappa shape index (κ1) is 19.0. The minimum atomic E-state index is -1.14. The third-order valence-electron chi connectivity index (χ3n) is 3.57. The zero-order valence-corrected chi connectivity index (χ0v) is 14.4. The lowest BCUT2D eigenvalue weighted by atomic mass is 10.3. The number of nitrogens with one attached hydrogen (secondary N) is 1. The predicted octanol–water partition coefficient (Wildman–Crippen LogP) is 2.12. The summed E-state index contributed by atoms with van der Waals surface area (Å²) >= 11 is 0. The fourth-order valence-corrected chi connectivity index (χ4v) is 2.33. The van der Waals surface area contributed by atoms with E-state index in [1.807, 2.05) is 0 Å². The van der Waals surface area contributed by atoms with Gasteiger partial charge in [0.15, 0.2) is 6.10 Å². The number of carbonyl (C=O) groups is 2. The van der Waals surface area contributed by atoms with Gasteiger partial charge in [-0.2, -0.15) is 5.10 Å². The predicted molar refractivity (Wildman–Crippen MR) is 88.9 cm³/mol. The van der Waals surface area contributed by atoms with E-state index in [9.17, 15) is 24.1 Å². The van der Waals surface area contributed by atoms with Crippen LogP contribution < -0.4 is 5.32 Å². The van der Waals surface area contributed by atoms with Gasteiger partial charge >= 0.3 is 11.7 Å².